The summed E-state index contributed by atoms with van der Waals surface area (Å²) in [6.07, 6.45) is 5.79. The van der Waals surface area contributed by atoms with Crippen LogP contribution >= 0.6 is 11.6 Å². The number of benzene rings is 2. The van der Waals surface area contributed by atoms with Gasteiger partial charge in [-0.15, -0.1) is 0 Å². The maximum Gasteiger partial charge on any atom is 0.0640 e. The number of hydrogen-bond donors (Lipinski definition) is 1. The van der Waals surface area contributed by atoms with E-state index in [4.69, 9.17) is 11.6 Å². The molecule has 2 aliphatic rings. The van der Waals surface area contributed by atoms with E-state index in [0.29, 0.717) is 17.9 Å². The number of anilines is 1. The first-order valence-electron chi connectivity index (χ1n) is 7.52. The third-order valence-corrected chi connectivity index (χ3v) is 5.10. The second-order valence-electron chi connectivity index (χ2n) is 6.09. The van der Waals surface area contributed by atoms with Gasteiger partial charge in [0.05, 0.1) is 16.8 Å². The van der Waals surface area contributed by atoms with Crippen LogP contribution in [0.5, 0.6) is 0 Å². The largest absolute Gasteiger partial charge is 0.376 e. The van der Waals surface area contributed by atoms with E-state index in [1.807, 2.05) is 6.07 Å². The standard InChI is InChI=1S/C19H18ClN/c1-12-8-10-13(11-9-12)18-15-5-2-4-14(15)16-6-3-7-17(20)19(16)21-18/h2-4,6-11,14-15,18,21H,5H2,1H3/t14-,15+,18+/m1/s1. The number of nitrogens with one attached hydrogen (secondary N) is 1. The third-order valence-electron chi connectivity index (χ3n) is 4.78. The van der Waals surface area contributed by atoms with E-state index in [2.05, 4.69) is 60.8 Å². The van der Waals surface area contributed by atoms with Crippen LogP contribution in [0.3, 0.4) is 0 Å². The highest BCUT2D eigenvalue weighted by Crippen LogP contribution is 2.51. The number of hydrogen-bond acceptors (Lipinski definition) is 1. The van der Waals surface area contributed by atoms with Crippen molar-refractivity contribution in [3.8, 4) is 0 Å². The Morgan fingerprint density at radius 2 is 1.90 bits per heavy atom. The van der Waals surface area contributed by atoms with Gasteiger partial charge in [0.2, 0.25) is 0 Å². The van der Waals surface area contributed by atoms with Gasteiger partial charge in [0.25, 0.3) is 0 Å². The van der Waals surface area contributed by atoms with Crippen LogP contribution in [0.2, 0.25) is 5.02 Å². The highest BCUT2D eigenvalue weighted by Gasteiger charge is 2.38. The zero-order valence-electron chi connectivity index (χ0n) is 12.0. The Labute approximate surface area is 130 Å². The Balaban J connectivity index is 1.81. The first-order valence-corrected chi connectivity index (χ1v) is 7.90. The predicted molar refractivity (Wildman–Crippen MR) is 89.0 cm³/mol. The van der Waals surface area contributed by atoms with Gasteiger partial charge in [0.15, 0.2) is 0 Å². The Morgan fingerprint density at radius 1 is 1.10 bits per heavy atom. The molecule has 0 spiro atoms. The van der Waals surface area contributed by atoms with Gasteiger partial charge in [-0.05, 0) is 36.5 Å². The summed E-state index contributed by atoms with van der Waals surface area (Å²) in [5.41, 5.74) is 5.10. The van der Waals surface area contributed by atoms with Crippen LogP contribution in [0.25, 0.3) is 0 Å². The molecule has 0 saturated carbocycles. The number of fused-ring (bicyclic) bond motifs is 3. The van der Waals surface area contributed by atoms with Gasteiger partial charge in [-0.25, -0.2) is 0 Å². The van der Waals surface area contributed by atoms with Crippen LogP contribution in [-0.2, 0) is 0 Å². The molecule has 0 saturated heterocycles. The first kappa shape index (κ1) is 13.0. The van der Waals surface area contributed by atoms with Gasteiger partial charge >= 0.3 is 0 Å². The van der Waals surface area contributed by atoms with Crippen LogP contribution in [0.1, 0.15) is 35.1 Å². The minimum Gasteiger partial charge on any atom is -0.376 e. The summed E-state index contributed by atoms with van der Waals surface area (Å²) in [6, 6.07) is 15.4. The van der Waals surface area contributed by atoms with Crippen LogP contribution in [0.4, 0.5) is 5.69 Å². The van der Waals surface area contributed by atoms with E-state index in [1.54, 1.807) is 0 Å². The molecule has 2 heteroatoms. The summed E-state index contributed by atoms with van der Waals surface area (Å²) < 4.78 is 0. The van der Waals surface area contributed by atoms with Crippen molar-refractivity contribution in [2.45, 2.75) is 25.3 Å². The third kappa shape index (κ3) is 2.08. The fourth-order valence-electron chi connectivity index (χ4n) is 3.69. The molecule has 4 rings (SSSR count). The fraction of sp³-hybridized carbons (Fsp3) is 0.263. The lowest BCUT2D eigenvalue weighted by Gasteiger charge is -2.38. The molecule has 3 atom stereocenters. The molecule has 2 aromatic rings. The van der Waals surface area contributed by atoms with E-state index in [0.717, 1.165) is 17.1 Å². The molecule has 1 heterocycles. The molecule has 0 unspecified atom stereocenters. The topological polar surface area (TPSA) is 12.0 Å². The summed E-state index contributed by atoms with van der Waals surface area (Å²) >= 11 is 6.42. The van der Waals surface area contributed by atoms with Crippen molar-refractivity contribution in [1.82, 2.24) is 0 Å². The predicted octanol–water partition coefficient (Wildman–Crippen LogP) is 5.47. The van der Waals surface area contributed by atoms with Gasteiger partial charge in [-0.2, -0.15) is 0 Å². The smallest absolute Gasteiger partial charge is 0.0640 e. The average molecular weight is 296 g/mol. The highest BCUT2D eigenvalue weighted by molar-refractivity contribution is 6.33. The summed E-state index contributed by atoms with van der Waals surface area (Å²) in [4.78, 5) is 0. The molecule has 1 aliphatic carbocycles. The molecule has 21 heavy (non-hydrogen) atoms. The van der Waals surface area contributed by atoms with Crippen molar-refractivity contribution in [2.75, 3.05) is 5.32 Å². The van der Waals surface area contributed by atoms with E-state index >= 15 is 0 Å². The summed E-state index contributed by atoms with van der Waals surface area (Å²) in [5.74, 6) is 1.06. The van der Waals surface area contributed by atoms with Crippen LogP contribution in [-0.4, -0.2) is 0 Å². The fourth-order valence-corrected chi connectivity index (χ4v) is 3.92. The van der Waals surface area contributed by atoms with Gasteiger partial charge in [0.1, 0.15) is 0 Å². The van der Waals surface area contributed by atoms with Crippen molar-refractivity contribution < 1.29 is 0 Å². The van der Waals surface area contributed by atoms with Crippen molar-refractivity contribution in [2.24, 2.45) is 5.92 Å². The number of aryl methyl sites for hydroxylation is 1. The van der Waals surface area contributed by atoms with Gasteiger partial charge in [-0.3, -0.25) is 0 Å². The minimum atomic E-state index is 0.331. The van der Waals surface area contributed by atoms with Crippen LogP contribution in [0.15, 0.2) is 54.6 Å². The normalized spacial score (nSPS) is 26.1. The van der Waals surface area contributed by atoms with Crippen molar-refractivity contribution in [1.29, 1.82) is 0 Å². The molecule has 2 aromatic carbocycles. The van der Waals surface area contributed by atoms with E-state index in [1.165, 1.54) is 16.7 Å². The lowest BCUT2D eigenvalue weighted by Crippen LogP contribution is -2.29. The summed E-state index contributed by atoms with van der Waals surface area (Å²) in [6.45, 7) is 2.13. The Kier molecular flexibility index (Phi) is 3.04. The number of rotatable bonds is 1. The maximum atomic E-state index is 6.42. The monoisotopic (exact) mass is 295 g/mol. The molecule has 0 aromatic heterocycles. The summed E-state index contributed by atoms with van der Waals surface area (Å²) in [7, 11) is 0. The summed E-state index contributed by atoms with van der Waals surface area (Å²) in [5, 5.41) is 4.52. The molecule has 1 aliphatic heterocycles. The molecule has 106 valence electrons. The van der Waals surface area contributed by atoms with E-state index in [-0.39, 0.29) is 0 Å². The zero-order chi connectivity index (χ0) is 14.4. The molecule has 1 N–H and O–H groups in total. The Bertz CT molecular complexity index is 702. The van der Waals surface area contributed by atoms with Crippen molar-refractivity contribution in [3.05, 3.63) is 76.3 Å². The molecular formula is C19H18ClN. The number of allylic oxidation sites excluding steroid dienone is 2. The first-order chi connectivity index (χ1) is 10.2. The Morgan fingerprint density at radius 3 is 2.71 bits per heavy atom. The second-order valence-corrected chi connectivity index (χ2v) is 6.50. The minimum absolute atomic E-state index is 0.331. The highest BCUT2D eigenvalue weighted by atomic mass is 35.5. The maximum absolute atomic E-state index is 6.42. The Hall–Kier alpha value is -1.73. The lowest BCUT2D eigenvalue weighted by molar-refractivity contribution is 0.425. The second kappa shape index (κ2) is 4.92. The van der Waals surface area contributed by atoms with E-state index < -0.39 is 0 Å². The average Bonchev–Trinajstić information content (AvgIpc) is 2.98. The lowest BCUT2D eigenvalue weighted by atomic mass is 9.77. The van der Waals surface area contributed by atoms with Crippen LogP contribution < -0.4 is 5.32 Å². The molecular weight excluding hydrogens is 278 g/mol. The number of halogens is 1. The molecule has 0 bridgehead atoms. The molecule has 1 nitrogen and oxygen atoms in total. The van der Waals surface area contributed by atoms with Crippen molar-refractivity contribution in [3.63, 3.8) is 0 Å². The van der Waals surface area contributed by atoms with Gasteiger partial charge in [-0.1, -0.05) is 65.7 Å². The van der Waals surface area contributed by atoms with E-state index in [9.17, 15) is 0 Å². The zero-order valence-corrected chi connectivity index (χ0v) is 12.8. The van der Waals surface area contributed by atoms with Gasteiger partial charge < -0.3 is 5.32 Å². The number of para-hydroxylation sites is 1. The molecule has 0 fully saturated rings. The SMILES string of the molecule is Cc1ccc([C@@H]2Nc3c(Cl)cccc3[C@@H]3C=CC[C@@H]32)cc1. The molecule has 0 amide bonds. The quantitative estimate of drug-likeness (QED) is 0.687. The molecule has 0 radical (unpaired) electrons. The van der Waals surface area contributed by atoms with Crippen molar-refractivity contribution >= 4 is 17.3 Å². The van der Waals surface area contributed by atoms with Crippen LogP contribution in [0, 0.1) is 12.8 Å². The van der Waals surface area contributed by atoms with Gasteiger partial charge in [0, 0.05) is 5.92 Å².